The molecule has 0 bridgehead atoms. The number of benzene rings is 1. The number of methoxy groups -OCH3 is 2. The minimum absolute atomic E-state index is 0.138. The fraction of sp³-hybridized carbons (Fsp3) is 0.278. The summed E-state index contributed by atoms with van der Waals surface area (Å²) < 4.78 is 16.1. The number of aromatic nitrogens is 1. The van der Waals surface area contributed by atoms with Crippen LogP contribution < -0.4 is 14.2 Å². The quantitative estimate of drug-likeness (QED) is 0.827. The number of likely N-dealkylation sites (tertiary alicyclic amines) is 1. The smallest absolute Gasteiger partial charge is 0.257 e. The van der Waals surface area contributed by atoms with E-state index in [4.69, 9.17) is 19.5 Å². The van der Waals surface area contributed by atoms with Crippen molar-refractivity contribution in [3.8, 4) is 23.4 Å². The zero-order chi connectivity index (χ0) is 17.8. The van der Waals surface area contributed by atoms with Crippen LogP contribution in [0.5, 0.6) is 17.4 Å². The molecule has 7 nitrogen and oxygen atoms in total. The van der Waals surface area contributed by atoms with Crippen LogP contribution in [0.15, 0.2) is 36.5 Å². The van der Waals surface area contributed by atoms with Crippen molar-refractivity contribution in [3.63, 3.8) is 0 Å². The van der Waals surface area contributed by atoms with Gasteiger partial charge in [-0.15, -0.1) is 0 Å². The minimum Gasteiger partial charge on any atom is -0.497 e. The lowest BCUT2D eigenvalue weighted by molar-refractivity contribution is 0.0157. The number of carbonyl (C=O) groups is 1. The van der Waals surface area contributed by atoms with Gasteiger partial charge < -0.3 is 19.1 Å². The molecule has 0 unspecified atom stereocenters. The van der Waals surface area contributed by atoms with E-state index in [1.165, 1.54) is 7.11 Å². The van der Waals surface area contributed by atoms with Gasteiger partial charge in [-0.25, -0.2) is 4.98 Å². The van der Waals surface area contributed by atoms with Gasteiger partial charge in [-0.3, -0.25) is 4.79 Å². The normalized spacial score (nSPS) is 13.6. The monoisotopic (exact) mass is 339 g/mol. The van der Waals surface area contributed by atoms with E-state index in [0.29, 0.717) is 41.6 Å². The molecule has 1 aromatic heterocycles. The van der Waals surface area contributed by atoms with Crippen LogP contribution in [-0.4, -0.2) is 49.2 Å². The highest BCUT2D eigenvalue weighted by atomic mass is 16.5. The minimum atomic E-state index is -0.185. The Bertz CT molecular complexity index is 825. The second-order valence-corrected chi connectivity index (χ2v) is 5.48. The SMILES string of the molecule is COc1ccc(C(=O)N2CC(Oc3ncccc3C#N)C2)c(OC)c1. The Hall–Kier alpha value is -3.27. The van der Waals surface area contributed by atoms with Gasteiger partial charge in [0.1, 0.15) is 29.2 Å². The third-order valence-corrected chi connectivity index (χ3v) is 3.94. The Morgan fingerprint density at radius 1 is 1.28 bits per heavy atom. The van der Waals surface area contributed by atoms with E-state index in [9.17, 15) is 4.79 Å². The number of amides is 1. The van der Waals surface area contributed by atoms with E-state index in [1.54, 1.807) is 48.5 Å². The first-order valence-corrected chi connectivity index (χ1v) is 7.69. The van der Waals surface area contributed by atoms with Gasteiger partial charge >= 0.3 is 0 Å². The maximum atomic E-state index is 12.6. The first-order valence-electron chi connectivity index (χ1n) is 7.69. The van der Waals surface area contributed by atoms with Crippen LogP contribution in [0.1, 0.15) is 15.9 Å². The maximum Gasteiger partial charge on any atom is 0.257 e. The van der Waals surface area contributed by atoms with Gasteiger partial charge in [0.25, 0.3) is 5.91 Å². The average Bonchev–Trinajstić information content (AvgIpc) is 2.63. The molecular weight excluding hydrogens is 322 g/mol. The van der Waals surface area contributed by atoms with Crippen LogP contribution >= 0.6 is 0 Å². The molecule has 0 radical (unpaired) electrons. The van der Waals surface area contributed by atoms with E-state index in [0.717, 1.165) is 0 Å². The lowest BCUT2D eigenvalue weighted by Crippen LogP contribution is -2.56. The number of rotatable bonds is 5. The van der Waals surface area contributed by atoms with Gasteiger partial charge in [0.15, 0.2) is 0 Å². The number of carbonyl (C=O) groups excluding carboxylic acids is 1. The summed E-state index contributed by atoms with van der Waals surface area (Å²) >= 11 is 0. The molecular formula is C18H17N3O4. The molecule has 25 heavy (non-hydrogen) atoms. The fourth-order valence-corrected chi connectivity index (χ4v) is 2.55. The number of hydrogen-bond donors (Lipinski definition) is 0. The molecule has 7 heteroatoms. The Kier molecular flexibility index (Phi) is 4.70. The molecule has 1 fully saturated rings. The molecule has 2 heterocycles. The first kappa shape index (κ1) is 16.6. The average molecular weight is 339 g/mol. The van der Waals surface area contributed by atoms with E-state index < -0.39 is 0 Å². The Morgan fingerprint density at radius 3 is 2.76 bits per heavy atom. The molecule has 0 aliphatic carbocycles. The molecule has 2 aromatic rings. The number of nitriles is 1. The summed E-state index contributed by atoms with van der Waals surface area (Å²) in [6.45, 7) is 0.852. The van der Waals surface area contributed by atoms with Crippen LogP contribution in [0.3, 0.4) is 0 Å². The summed E-state index contributed by atoms with van der Waals surface area (Å²) in [5.74, 6) is 1.24. The molecule has 1 aliphatic rings. The van der Waals surface area contributed by atoms with E-state index in [1.807, 2.05) is 6.07 Å². The van der Waals surface area contributed by atoms with E-state index in [2.05, 4.69) is 4.98 Å². The van der Waals surface area contributed by atoms with Gasteiger partial charge in [-0.1, -0.05) is 0 Å². The van der Waals surface area contributed by atoms with Crippen molar-refractivity contribution in [1.29, 1.82) is 5.26 Å². The summed E-state index contributed by atoms with van der Waals surface area (Å²) in [5, 5.41) is 9.05. The van der Waals surface area contributed by atoms with Gasteiger partial charge in [-0.2, -0.15) is 5.26 Å². The second kappa shape index (κ2) is 7.09. The number of nitrogens with zero attached hydrogens (tertiary/aromatic N) is 3. The van der Waals surface area contributed by atoms with Crippen LogP contribution in [0.25, 0.3) is 0 Å². The molecule has 1 amide bonds. The molecule has 0 N–H and O–H groups in total. The van der Waals surface area contributed by atoms with Crippen molar-refractivity contribution in [2.75, 3.05) is 27.3 Å². The second-order valence-electron chi connectivity index (χ2n) is 5.48. The molecule has 3 rings (SSSR count). The Balaban J connectivity index is 1.65. The third kappa shape index (κ3) is 3.33. The fourth-order valence-electron chi connectivity index (χ4n) is 2.55. The predicted octanol–water partition coefficient (Wildman–Crippen LogP) is 1.87. The molecule has 0 spiro atoms. The number of ether oxygens (including phenoxy) is 3. The van der Waals surface area contributed by atoms with Crippen molar-refractivity contribution < 1.29 is 19.0 Å². The highest BCUT2D eigenvalue weighted by Crippen LogP contribution is 2.28. The highest BCUT2D eigenvalue weighted by Gasteiger charge is 2.34. The zero-order valence-corrected chi connectivity index (χ0v) is 13.9. The van der Waals surface area contributed by atoms with Crippen LogP contribution in [0.2, 0.25) is 0 Å². The summed E-state index contributed by atoms with van der Waals surface area (Å²) in [6.07, 6.45) is 1.38. The van der Waals surface area contributed by atoms with Gasteiger partial charge in [-0.05, 0) is 24.3 Å². The largest absolute Gasteiger partial charge is 0.497 e. The highest BCUT2D eigenvalue weighted by molar-refractivity contribution is 5.97. The molecule has 0 saturated carbocycles. The third-order valence-electron chi connectivity index (χ3n) is 3.94. The van der Waals surface area contributed by atoms with Gasteiger partial charge in [0.05, 0.1) is 32.9 Å². The van der Waals surface area contributed by atoms with Crippen molar-refractivity contribution in [2.45, 2.75) is 6.10 Å². The lowest BCUT2D eigenvalue weighted by atomic mass is 10.1. The number of hydrogen-bond acceptors (Lipinski definition) is 6. The Morgan fingerprint density at radius 2 is 2.08 bits per heavy atom. The Labute approximate surface area is 145 Å². The topological polar surface area (TPSA) is 84.7 Å². The summed E-state index contributed by atoms with van der Waals surface area (Å²) in [4.78, 5) is 18.3. The molecule has 128 valence electrons. The van der Waals surface area contributed by atoms with Gasteiger partial charge in [0.2, 0.25) is 5.88 Å². The summed E-state index contributed by atoms with van der Waals surface area (Å²) in [7, 11) is 3.07. The first-order chi connectivity index (χ1) is 12.2. The van der Waals surface area contributed by atoms with Crippen molar-refractivity contribution in [1.82, 2.24) is 9.88 Å². The summed E-state index contributed by atoms with van der Waals surface area (Å²) in [5.41, 5.74) is 0.849. The predicted molar refractivity (Wildman–Crippen MR) is 88.8 cm³/mol. The van der Waals surface area contributed by atoms with E-state index >= 15 is 0 Å². The lowest BCUT2D eigenvalue weighted by Gasteiger charge is -2.38. The molecule has 0 atom stereocenters. The molecule has 1 saturated heterocycles. The molecule has 1 aliphatic heterocycles. The van der Waals surface area contributed by atoms with Crippen LogP contribution in [0.4, 0.5) is 0 Å². The standard InChI is InChI=1S/C18H17N3O4/c1-23-13-5-6-15(16(8-13)24-2)18(22)21-10-14(11-21)25-17-12(9-19)4-3-7-20-17/h3-8,14H,10-11H2,1-2H3. The zero-order valence-electron chi connectivity index (χ0n) is 13.9. The van der Waals surface area contributed by atoms with Crippen LogP contribution in [-0.2, 0) is 0 Å². The number of pyridine rings is 1. The van der Waals surface area contributed by atoms with E-state index in [-0.39, 0.29) is 12.0 Å². The summed E-state index contributed by atoms with van der Waals surface area (Å²) in [6, 6.07) is 10.4. The van der Waals surface area contributed by atoms with Crippen molar-refractivity contribution in [2.24, 2.45) is 0 Å². The maximum absolute atomic E-state index is 12.6. The van der Waals surface area contributed by atoms with Crippen molar-refractivity contribution in [3.05, 3.63) is 47.7 Å². The molecule has 1 aromatic carbocycles. The van der Waals surface area contributed by atoms with Gasteiger partial charge in [0, 0.05) is 12.3 Å². The van der Waals surface area contributed by atoms with Crippen LogP contribution in [0, 0.1) is 11.3 Å². The van der Waals surface area contributed by atoms with Crippen molar-refractivity contribution >= 4 is 5.91 Å².